The van der Waals surface area contributed by atoms with E-state index in [1.165, 1.54) is 21.7 Å². The number of rotatable bonds is 6. The molecule has 2 aliphatic rings. The second-order valence-electron chi connectivity index (χ2n) is 7.40. The van der Waals surface area contributed by atoms with E-state index in [2.05, 4.69) is 20.4 Å². The summed E-state index contributed by atoms with van der Waals surface area (Å²) in [6.07, 6.45) is 0. The molecule has 2 aromatic rings. The van der Waals surface area contributed by atoms with Crippen molar-refractivity contribution in [2.75, 3.05) is 45.9 Å². The molecule has 0 unspecified atom stereocenters. The number of halogens is 1. The van der Waals surface area contributed by atoms with Crippen LogP contribution in [0.25, 0.3) is 0 Å². The van der Waals surface area contributed by atoms with Gasteiger partial charge >= 0.3 is 0 Å². The number of hydrogen-bond acceptors (Lipinski definition) is 7. The van der Waals surface area contributed by atoms with Crippen molar-refractivity contribution in [3.05, 3.63) is 41.5 Å². The van der Waals surface area contributed by atoms with Crippen molar-refractivity contribution < 1.29 is 18.7 Å². The van der Waals surface area contributed by atoms with Crippen molar-refractivity contribution in [3.8, 4) is 0 Å². The molecule has 160 valence electrons. The van der Waals surface area contributed by atoms with Crippen molar-refractivity contribution in [1.29, 1.82) is 0 Å². The molecule has 1 aromatic carbocycles. The number of benzene rings is 1. The van der Waals surface area contributed by atoms with Gasteiger partial charge in [-0.25, -0.2) is 9.07 Å². The third-order valence-electron chi connectivity index (χ3n) is 5.32. The molecule has 2 aliphatic heterocycles. The van der Waals surface area contributed by atoms with Crippen LogP contribution in [0.2, 0.25) is 0 Å². The first kappa shape index (κ1) is 20.4. The molecule has 2 saturated heterocycles. The number of tetrazole rings is 1. The van der Waals surface area contributed by atoms with E-state index >= 15 is 0 Å². The Morgan fingerprint density at radius 1 is 1.07 bits per heavy atom. The molecule has 11 heteroatoms. The van der Waals surface area contributed by atoms with Gasteiger partial charge in [-0.05, 0) is 28.1 Å². The second-order valence-corrected chi connectivity index (χ2v) is 7.40. The van der Waals surface area contributed by atoms with Gasteiger partial charge < -0.3 is 14.5 Å². The molecule has 0 spiro atoms. The Kier molecular flexibility index (Phi) is 6.29. The fraction of sp³-hybridized carbons (Fsp3) is 0.526. The molecule has 0 bridgehead atoms. The zero-order valence-electron chi connectivity index (χ0n) is 16.6. The predicted molar refractivity (Wildman–Crippen MR) is 102 cm³/mol. The topological polar surface area (TPSA) is 96.7 Å². The first-order valence-electron chi connectivity index (χ1n) is 9.93. The summed E-state index contributed by atoms with van der Waals surface area (Å²) >= 11 is 0. The van der Waals surface area contributed by atoms with Gasteiger partial charge in [-0.1, -0.05) is 12.1 Å². The Balaban J connectivity index is 1.30. The molecule has 1 aromatic heterocycles. The lowest BCUT2D eigenvalue weighted by molar-refractivity contribution is -0.146. The minimum atomic E-state index is -0.309. The van der Waals surface area contributed by atoms with Crippen LogP contribution >= 0.6 is 0 Å². The average Bonchev–Trinajstić information content (AvgIpc) is 3.18. The van der Waals surface area contributed by atoms with Crippen LogP contribution in [0.5, 0.6) is 0 Å². The summed E-state index contributed by atoms with van der Waals surface area (Å²) in [5, 5.41) is 11.7. The van der Waals surface area contributed by atoms with Gasteiger partial charge in [-0.15, -0.1) is 5.10 Å². The highest BCUT2D eigenvalue weighted by molar-refractivity contribution is 5.85. The molecular weight excluding hydrogens is 393 g/mol. The van der Waals surface area contributed by atoms with Gasteiger partial charge in [0.25, 0.3) is 0 Å². The van der Waals surface area contributed by atoms with Crippen molar-refractivity contribution in [2.45, 2.75) is 19.6 Å². The minimum absolute atomic E-state index is 0.00207. The summed E-state index contributed by atoms with van der Waals surface area (Å²) in [4.78, 5) is 30.6. The molecule has 0 saturated carbocycles. The maximum absolute atomic E-state index is 13.0. The average molecular weight is 417 g/mol. The van der Waals surface area contributed by atoms with Gasteiger partial charge in [-0.3, -0.25) is 14.5 Å². The van der Waals surface area contributed by atoms with Crippen LogP contribution in [-0.4, -0.2) is 92.7 Å². The Labute approximate surface area is 173 Å². The van der Waals surface area contributed by atoms with E-state index in [1.54, 1.807) is 17.0 Å². The molecular formula is C19H24FN7O3. The molecule has 30 heavy (non-hydrogen) atoms. The predicted octanol–water partition coefficient (Wildman–Crippen LogP) is -0.485. The summed E-state index contributed by atoms with van der Waals surface area (Å²) in [6, 6.07) is 6.07. The number of piperazine rings is 1. The number of carbonyl (C=O) groups is 2. The standard InChI is InChI=1S/C19H24FN7O3/c20-16-3-1-15(2-4-16)11-25-5-6-26(13-18(25)28)19(29)14-27-17(21-22-23-27)12-24-7-9-30-10-8-24/h1-4H,5-14H2. The second kappa shape index (κ2) is 9.26. The Morgan fingerprint density at radius 2 is 1.83 bits per heavy atom. The number of nitrogens with zero attached hydrogens (tertiary/aromatic N) is 7. The number of amides is 2. The van der Waals surface area contributed by atoms with Crippen LogP contribution in [0.3, 0.4) is 0 Å². The monoisotopic (exact) mass is 417 g/mol. The molecule has 0 aliphatic carbocycles. The van der Waals surface area contributed by atoms with Crippen LogP contribution < -0.4 is 0 Å². The van der Waals surface area contributed by atoms with Crippen LogP contribution in [0.15, 0.2) is 24.3 Å². The Hall–Kier alpha value is -2.92. The summed E-state index contributed by atoms with van der Waals surface area (Å²) in [5.74, 6) is -0.0212. The highest BCUT2D eigenvalue weighted by Crippen LogP contribution is 2.12. The third kappa shape index (κ3) is 4.97. The fourth-order valence-corrected chi connectivity index (χ4v) is 3.55. The van der Waals surface area contributed by atoms with Crippen molar-refractivity contribution >= 4 is 11.8 Å². The molecule has 0 atom stereocenters. The van der Waals surface area contributed by atoms with Crippen molar-refractivity contribution in [1.82, 2.24) is 34.9 Å². The van der Waals surface area contributed by atoms with Gasteiger partial charge in [0.2, 0.25) is 11.8 Å². The molecule has 10 nitrogen and oxygen atoms in total. The summed E-state index contributed by atoms with van der Waals surface area (Å²) < 4.78 is 19.9. The van der Waals surface area contributed by atoms with E-state index in [0.29, 0.717) is 45.2 Å². The molecule has 4 rings (SSSR count). The van der Waals surface area contributed by atoms with Gasteiger partial charge in [0.15, 0.2) is 5.82 Å². The minimum Gasteiger partial charge on any atom is -0.379 e. The van der Waals surface area contributed by atoms with Crippen molar-refractivity contribution in [3.63, 3.8) is 0 Å². The zero-order chi connectivity index (χ0) is 20.9. The largest absolute Gasteiger partial charge is 0.379 e. The van der Waals surface area contributed by atoms with Gasteiger partial charge in [0, 0.05) is 32.7 Å². The number of carbonyl (C=O) groups excluding carboxylic acids is 2. The lowest BCUT2D eigenvalue weighted by Gasteiger charge is -2.34. The number of hydrogen-bond donors (Lipinski definition) is 0. The molecule has 2 amide bonds. The maximum Gasteiger partial charge on any atom is 0.244 e. The molecule has 0 N–H and O–H groups in total. The van der Waals surface area contributed by atoms with Crippen molar-refractivity contribution in [2.24, 2.45) is 0 Å². The highest BCUT2D eigenvalue weighted by atomic mass is 19.1. The summed E-state index contributed by atoms with van der Waals surface area (Å²) in [7, 11) is 0. The smallest absolute Gasteiger partial charge is 0.244 e. The first-order chi connectivity index (χ1) is 14.6. The molecule has 3 heterocycles. The van der Waals surface area contributed by atoms with Gasteiger partial charge in [0.1, 0.15) is 12.4 Å². The van der Waals surface area contributed by atoms with Crippen LogP contribution in [0, 0.1) is 5.82 Å². The van der Waals surface area contributed by atoms with E-state index < -0.39 is 0 Å². The fourth-order valence-electron chi connectivity index (χ4n) is 3.55. The quantitative estimate of drug-likeness (QED) is 0.626. The number of morpholine rings is 1. The van der Waals surface area contributed by atoms with Gasteiger partial charge in [0.05, 0.1) is 26.3 Å². The maximum atomic E-state index is 13.0. The van der Waals surface area contributed by atoms with E-state index in [1.807, 2.05) is 0 Å². The summed E-state index contributed by atoms with van der Waals surface area (Å²) in [5.41, 5.74) is 0.853. The van der Waals surface area contributed by atoms with Gasteiger partial charge in [-0.2, -0.15) is 0 Å². The number of aromatic nitrogens is 4. The third-order valence-corrected chi connectivity index (χ3v) is 5.32. The van der Waals surface area contributed by atoms with Crippen LogP contribution in [-0.2, 0) is 34.0 Å². The molecule has 0 radical (unpaired) electrons. The Morgan fingerprint density at radius 3 is 2.57 bits per heavy atom. The van der Waals surface area contributed by atoms with E-state index in [4.69, 9.17) is 4.74 Å². The lowest BCUT2D eigenvalue weighted by atomic mass is 10.2. The first-order valence-corrected chi connectivity index (χ1v) is 9.93. The van der Waals surface area contributed by atoms with E-state index in [0.717, 1.165) is 18.7 Å². The normalized spacial score (nSPS) is 18.1. The highest BCUT2D eigenvalue weighted by Gasteiger charge is 2.28. The Bertz CT molecular complexity index is 883. The molecule has 2 fully saturated rings. The number of ether oxygens (including phenoxy) is 1. The zero-order valence-corrected chi connectivity index (χ0v) is 16.6. The summed E-state index contributed by atoms with van der Waals surface area (Å²) in [6.45, 7) is 4.77. The SMILES string of the molecule is O=C(Cn1nnnc1CN1CCOCC1)N1CCN(Cc2ccc(F)cc2)C(=O)C1. The van der Waals surface area contributed by atoms with Crippen LogP contribution in [0.1, 0.15) is 11.4 Å². The van der Waals surface area contributed by atoms with E-state index in [9.17, 15) is 14.0 Å². The van der Waals surface area contributed by atoms with Crippen LogP contribution in [0.4, 0.5) is 4.39 Å². The van der Waals surface area contributed by atoms with E-state index in [-0.39, 0.29) is 30.7 Å². The lowest BCUT2D eigenvalue weighted by Crippen LogP contribution is -2.52.